The molecule has 1 aliphatic heterocycles. The van der Waals surface area contributed by atoms with Crippen LogP contribution in [-0.2, 0) is 0 Å². The van der Waals surface area contributed by atoms with Crippen LogP contribution in [0.2, 0.25) is 0 Å². The fraction of sp³-hybridized carbons (Fsp3) is 0.412. The zero-order chi connectivity index (χ0) is 17.5. The maximum Gasteiger partial charge on any atom is 0.216 e. The summed E-state index contributed by atoms with van der Waals surface area (Å²) in [6.07, 6.45) is 2.80. The van der Waals surface area contributed by atoms with Crippen molar-refractivity contribution >= 4 is 16.9 Å². The quantitative estimate of drug-likeness (QED) is 0.774. The van der Waals surface area contributed by atoms with Gasteiger partial charge in [0, 0.05) is 43.8 Å². The Morgan fingerprint density at radius 2 is 2.04 bits per heavy atom. The van der Waals surface area contributed by atoms with Gasteiger partial charge < -0.3 is 10.2 Å². The average Bonchev–Trinajstić information content (AvgIpc) is 3.18. The second kappa shape index (κ2) is 8.26. The number of anilines is 2. The van der Waals surface area contributed by atoms with E-state index in [1.54, 1.807) is 6.20 Å². The molecule has 8 nitrogen and oxygen atoms in total. The lowest BCUT2D eigenvalue weighted by atomic mass is 10.2. The van der Waals surface area contributed by atoms with Crippen molar-refractivity contribution in [1.29, 1.82) is 5.26 Å². The molecule has 1 fully saturated rings. The number of aromatic amines is 1. The van der Waals surface area contributed by atoms with E-state index in [-0.39, 0.29) is 5.82 Å². The third-order valence-corrected chi connectivity index (χ3v) is 4.23. The van der Waals surface area contributed by atoms with Crippen molar-refractivity contribution in [2.75, 3.05) is 42.9 Å². The summed E-state index contributed by atoms with van der Waals surface area (Å²) in [7, 11) is 0. The third kappa shape index (κ3) is 4.33. The summed E-state index contributed by atoms with van der Waals surface area (Å²) in [6, 6.07) is 10.3. The highest BCUT2D eigenvalue weighted by Crippen LogP contribution is 2.20. The zero-order valence-electron chi connectivity index (χ0n) is 14.3. The summed E-state index contributed by atoms with van der Waals surface area (Å²) in [6.45, 7) is 7.76. The van der Waals surface area contributed by atoms with Crippen molar-refractivity contribution in [2.45, 2.75) is 13.3 Å². The topological polar surface area (TPSA) is 96.8 Å². The van der Waals surface area contributed by atoms with Crippen LogP contribution in [0.15, 0.2) is 30.5 Å². The van der Waals surface area contributed by atoms with Crippen LogP contribution in [0.25, 0.3) is 5.57 Å². The highest BCUT2D eigenvalue weighted by Gasteiger charge is 2.16. The lowest BCUT2D eigenvalue weighted by Gasteiger charge is -2.36. The monoisotopic (exact) mass is 338 g/mol. The second-order valence-electron chi connectivity index (χ2n) is 5.93. The normalized spacial score (nSPS) is 15.8. The van der Waals surface area contributed by atoms with E-state index in [1.807, 2.05) is 12.1 Å². The fourth-order valence-corrected chi connectivity index (χ4v) is 2.89. The number of benzene rings is 1. The number of allylic oxidation sites excluding steroid dienone is 1. The minimum atomic E-state index is 0.275. The van der Waals surface area contributed by atoms with Gasteiger partial charge in [-0.3, -0.25) is 4.90 Å². The van der Waals surface area contributed by atoms with E-state index in [1.165, 1.54) is 18.7 Å². The van der Waals surface area contributed by atoms with Crippen LogP contribution in [-0.4, -0.2) is 58.2 Å². The number of piperazine rings is 1. The van der Waals surface area contributed by atoms with Crippen molar-refractivity contribution in [3.8, 4) is 6.07 Å². The van der Waals surface area contributed by atoms with E-state index in [4.69, 9.17) is 5.26 Å². The van der Waals surface area contributed by atoms with Crippen molar-refractivity contribution in [3.05, 3.63) is 36.3 Å². The molecule has 2 N–H and O–H groups in total. The molecule has 0 unspecified atom stereocenters. The average molecular weight is 338 g/mol. The first-order chi connectivity index (χ1) is 12.3. The Morgan fingerprint density at radius 3 is 2.64 bits per heavy atom. The molecule has 2 aromatic rings. The number of tetrazole rings is 1. The van der Waals surface area contributed by atoms with Gasteiger partial charge in [-0.2, -0.15) is 10.5 Å². The Hall–Kier alpha value is -2.92. The van der Waals surface area contributed by atoms with Crippen molar-refractivity contribution in [1.82, 2.24) is 25.5 Å². The molecule has 25 heavy (non-hydrogen) atoms. The molecule has 0 bridgehead atoms. The number of nitrogens with zero attached hydrogens (tertiary/aromatic N) is 6. The summed E-state index contributed by atoms with van der Waals surface area (Å²) in [4.78, 5) is 4.92. The van der Waals surface area contributed by atoms with Gasteiger partial charge in [-0.1, -0.05) is 6.92 Å². The number of nitrogens with one attached hydrogen (secondary N) is 2. The molecule has 0 saturated carbocycles. The zero-order valence-corrected chi connectivity index (χ0v) is 14.3. The van der Waals surface area contributed by atoms with E-state index in [0.717, 1.165) is 31.9 Å². The molecule has 1 aromatic heterocycles. The van der Waals surface area contributed by atoms with Gasteiger partial charge in [-0.25, -0.2) is 0 Å². The SMILES string of the molecule is CCCN1CCN(c2ccc(NC=C(C#N)c3nn[nH]n3)cc2)CC1. The molecule has 0 spiro atoms. The molecular formula is C17H22N8. The van der Waals surface area contributed by atoms with Crippen molar-refractivity contribution in [2.24, 2.45) is 0 Å². The predicted molar refractivity (Wildman–Crippen MR) is 96.8 cm³/mol. The number of aromatic nitrogens is 4. The van der Waals surface area contributed by atoms with Gasteiger partial charge in [0.2, 0.25) is 5.82 Å². The highest BCUT2D eigenvalue weighted by atomic mass is 15.5. The molecular weight excluding hydrogens is 316 g/mol. The third-order valence-electron chi connectivity index (χ3n) is 4.23. The van der Waals surface area contributed by atoms with E-state index < -0.39 is 0 Å². The molecule has 2 heterocycles. The molecule has 8 heteroatoms. The molecule has 1 aliphatic rings. The fourth-order valence-electron chi connectivity index (χ4n) is 2.89. The van der Waals surface area contributed by atoms with Gasteiger partial charge in [0.15, 0.2) is 0 Å². The predicted octanol–water partition coefficient (Wildman–Crippen LogP) is 1.71. The van der Waals surface area contributed by atoms with Gasteiger partial charge in [0.25, 0.3) is 0 Å². The largest absolute Gasteiger partial charge is 0.369 e. The number of rotatable bonds is 6. The summed E-state index contributed by atoms with van der Waals surface area (Å²) in [5, 5.41) is 25.7. The van der Waals surface area contributed by atoms with Gasteiger partial charge in [0.05, 0.1) is 0 Å². The first-order valence-corrected chi connectivity index (χ1v) is 8.48. The van der Waals surface area contributed by atoms with Crippen LogP contribution in [0.5, 0.6) is 0 Å². The molecule has 1 saturated heterocycles. The summed E-state index contributed by atoms with van der Waals surface area (Å²) >= 11 is 0. The van der Waals surface area contributed by atoms with E-state index in [0.29, 0.717) is 5.57 Å². The maximum atomic E-state index is 9.16. The Kier molecular flexibility index (Phi) is 5.59. The van der Waals surface area contributed by atoms with Crippen molar-refractivity contribution < 1.29 is 0 Å². The number of hydrogen-bond donors (Lipinski definition) is 2. The second-order valence-corrected chi connectivity index (χ2v) is 5.93. The van der Waals surface area contributed by atoms with E-state index in [9.17, 15) is 0 Å². The van der Waals surface area contributed by atoms with Crippen LogP contribution in [0.4, 0.5) is 11.4 Å². The minimum absolute atomic E-state index is 0.275. The molecule has 0 aliphatic carbocycles. The molecule has 1 aromatic carbocycles. The molecule has 0 amide bonds. The van der Waals surface area contributed by atoms with Gasteiger partial charge in [0.1, 0.15) is 11.6 Å². The number of H-pyrrole nitrogens is 1. The summed E-state index contributed by atoms with van der Waals surface area (Å²) in [5.74, 6) is 0.275. The lowest BCUT2D eigenvalue weighted by molar-refractivity contribution is 0.258. The van der Waals surface area contributed by atoms with Crippen LogP contribution >= 0.6 is 0 Å². The Labute approximate surface area is 147 Å². The first kappa shape index (κ1) is 16.9. The Morgan fingerprint density at radius 1 is 1.28 bits per heavy atom. The smallest absolute Gasteiger partial charge is 0.216 e. The van der Waals surface area contributed by atoms with Crippen molar-refractivity contribution in [3.63, 3.8) is 0 Å². The lowest BCUT2D eigenvalue weighted by Crippen LogP contribution is -2.46. The first-order valence-electron chi connectivity index (χ1n) is 8.48. The van der Waals surface area contributed by atoms with Crippen LogP contribution < -0.4 is 10.2 Å². The number of nitriles is 1. The van der Waals surface area contributed by atoms with Crippen LogP contribution in [0.3, 0.4) is 0 Å². The summed E-state index contributed by atoms with van der Waals surface area (Å²) in [5.41, 5.74) is 2.46. The van der Waals surface area contributed by atoms with Gasteiger partial charge in [-0.15, -0.1) is 10.2 Å². The van der Waals surface area contributed by atoms with Gasteiger partial charge >= 0.3 is 0 Å². The van der Waals surface area contributed by atoms with Crippen LogP contribution in [0, 0.1) is 11.3 Å². The van der Waals surface area contributed by atoms with Gasteiger partial charge in [-0.05, 0) is 42.4 Å². The molecule has 130 valence electrons. The molecule has 0 atom stereocenters. The Balaban J connectivity index is 1.59. The van der Waals surface area contributed by atoms with E-state index >= 15 is 0 Å². The van der Waals surface area contributed by atoms with E-state index in [2.05, 4.69) is 60.9 Å². The highest BCUT2D eigenvalue weighted by molar-refractivity contribution is 5.74. The standard InChI is InChI=1S/C17H22N8/c1-2-7-24-8-10-25(11-9-24)16-5-3-15(4-6-16)19-13-14(12-18)17-20-22-23-21-17/h3-6,13,19H,2,7-11H2,1H3,(H,20,21,22,23). The molecule has 0 radical (unpaired) electrons. The number of hydrogen-bond acceptors (Lipinski definition) is 7. The van der Waals surface area contributed by atoms with Crippen LogP contribution in [0.1, 0.15) is 19.2 Å². The summed E-state index contributed by atoms with van der Waals surface area (Å²) < 4.78 is 0. The maximum absolute atomic E-state index is 9.16. The molecule has 3 rings (SSSR count). The Bertz CT molecular complexity index is 721. The minimum Gasteiger partial charge on any atom is -0.369 e.